The summed E-state index contributed by atoms with van der Waals surface area (Å²) in [7, 11) is -3.82. The minimum Gasteiger partial charge on any atom is -0.352 e. The molecule has 0 spiro atoms. The van der Waals surface area contributed by atoms with Crippen LogP contribution in [-0.4, -0.2) is 50.0 Å². The van der Waals surface area contributed by atoms with Gasteiger partial charge in [-0.2, -0.15) is 0 Å². The molecular weight excluding hydrogens is 577 g/mol. The lowest BCUT2D eigenvalue weighted by molar-refractivity contribution is -0.139. The Labute approximate surface area is 225 Å². The van der Waals surface area contributed by atoms with Crippen LogP contribution in [0.5, 0.6) is 0 Å². The van der Waals surface area contributed by atoms with Crippen molar-refractivity contribution in [3.05, 3.63) is 62.0 Å². The van der Waals surface area contributed by atoms with Gasteiger partial charge in [0, 0.05) is 32.7 Å². The quantitative estimate of drug-likeness (QED) is 0.405. The van der Waals surface area contributed by atoms with Gasteiger partial charge in [-0.3, -0.25) is 13.9 Å². The molecule has 7 nitrogen and oxygen atoms in total. The normalized spacial score (nSPS) is 13.1. The van der Waals surface area contributed by atoms with E-state index in [0.29, 0.717) is 27.7 Å². The highest BCUT2D eigenvalue weighted by atomic mass is 79.9. The third kappa shape index (κ3) is 7.84. The molecule has 0 saturated carbocycles. The molecule has 2 aromatic rings. The fourth-order valence-electron chi connectivity index (χ4n) is 3.30. The number of benzene rings is 2. The van der Waals surface area contributed by atoms with Gasteiger partial charge in [-0.05, 0) is 63.1 Å². The molecule has 0 aromatic heterocycles. The number of hydrogen-bond donors (Lipinski definition) is 1. The van der Waals surface area contributed by atoms with Crippen LogP contribution in [0.4, 0.5) is 5.69 Å². The first-order chi connectivity index (χ1) is 16.3. The Morgan fingerprint density at radius 3 is 2.23 bits per heavy atom. The van der Waals surface area contributed by atoms with E-state index < -0.39 is 28.5 Å². The second-order valence-electron chi connectivity index (χ2n) is 8.42. The number of anilines is 1. The zero-order chi connectivity index (χ0) is 26.5. The summed E-state index contributed by atoms with van der Waals surface area (Å²) < 4.78 is 27.2. The monoisotopic (exact) mass is 605 g/mol. The zero-order valence-corrected chi connectivity index (χ0v) is 24.2. The van der Waals surface area contributed by atoms with Gasteiger partial charge in [-0.25, -0.2) is 8.42 Å². The summed E-state index contributed by atoms with van der Waals surface area (Å²) >= 11 is 16.1. The third-order valence-corrected chi connectivity index (χ3v) is 8.41. The molecular formula is C24H30BrCl2N3O4S. The van der Waals surface area contributed by atoms with Crippen LogP contribution in [0.25, 0.3) is 0 Å². The number of nitrogens with one attached hydrogen (secondary N) is 1. The van der Waals surface area contributed by atoms with Crippen molar-refractivity contribution in [2.24, 2.45) is 0 Å². The predicted octanol–water partition coefficient (Wildman–Crippen LogP) is 5.16. The molecule has 0 aliphatic rings. The van der Waals surface area contributed by atoms with E-state index in [4.69, 9.17) is 23.2 Å². The summed E-state index contributed by atoms with van der Waals surface area (Å²) in [6.45, 7) is 6.65. The number of carbonyl (C=O) groups is 2. The predicted molar refractivity (Wildman–Crippen MR) is 145 cm³/mol. The topological polar surface area (TPSA) is 86.8 Å². The van der Waals surface area contributed by atoms with Crippen molar-refractivity contribution in [1.82, 2.24) is 10.2 Å². The molecule has 0 heterocycles. The maximum absolute atomic E-state index is 13.6. The summed E-state index contributed by atoms with van der Waals surface area (Å²) in [5.74, 6) is -0.931. The minimum atomic E-state index is -3.82. The molecule has 0 fully saturated rings. The number of hydrogen-bond acceptors (Lipinski definition) is 4. The summed E-state index contributed by atoms with van der Waals surface area (Å²) in [5, 5.41) is 3.55. The Balaban J connectivity index is 2.47. The Morgan fingerprint density at radius 2 is 1.71 bits per heavy atom. The highest BCUT2D eigenvalue weighted by Gasteiger charge is 2.31. The smallest absolute Gasteiger partial charge is 0.244 e. The Bertz CT molecular complexity index is 1170. The van der Waals surface area contributed by atoms with Crippen LogP contribution in [-0.2, 0) is 26.2 Å². The van der Waals surface area contributed by atoms with E-state index in [0.717, 1.165) is 20.6 Å². The average Bonchev–Trinajstić information content (AvgIpc) is 2.77. The van der Waals surface area contributed by atoms with Gasteiger partial charge < -0.3 is 10.2 Å². The van der Waals surface area contributed by atoms with Gasteiger partial charge in [0.1, 0.15) is 12.6 Å². The van der Waals surface area contributed by atoms with E-state index in [1.807, 2.05) is 20.8 Å². The number of carbonyl (C=O) groups excluding carboxylic acids is 2. The molecule has 0 bridgehead atoms. The van der Waals surface area contributed by atoms with Gasteiger partial charge in [0.15, 0.2) is 0 Å². The largest absolute Gasteiger partial charge is 0.352 e. The minimum absolute atomic E-state index is 0.0661. The molecule has 2 amide bonds. The second kappa shape index (κ2) is 12.4. The van der Waals surface area contributed by atoms with Crippen LogP contribution in [0, 0.1) is 6.92 Å². The van der Waals surface area contributed by atoms with E-state index in [1.54, 1.807) is 43.3 Å². The molecule has 192 valence electrons. The second-order valence-corrected chi connectivity index (χ2v) is 12.0. The van der Waals surface area contributed by atoms with Crippen molar-refractivity contribution in [2.45, 2.75) is 52.7 Å². The highest BCUT2D eigenvalue weighted by molar-refractivity contribution is 9.10. The van der Waals surface area contributed by atoms with Crippen LogP contribution in [0.3, 0.4) is 0 Å². The van der Waals surface area contributed by atoms with Crippen LogP contribution in [0.15, 0.2) is 40.9 Å². The molecule has 1 N–H and O–H groups in total. The van der Waals surface area contributed by atoms with Crippen molar-refractivity contribution in [1.29, 1.82) is 0 Å². The summed E-state index contributed by atoms with van der Waals surface area (Å²) in [5.41, 5.74) is 1.62. The maximum Gasteiger partial charge on any atom is 0.244 e. The van der Waals surface area contributed by atoms with Crippen molar-refractivity contribution >= 4 is 66.7 Å². The maximum atomic E-state index is 13.6. The summed E-state index contributed by atoms with van der Waals surface area (Å²) in [4.78, 5) is 27.8. The summed E-state index contributed by atoms with van der Waals surface area (Å²) in [6, 6.07) is 8.97. The van der Waals surface area contributed by atoms with Crippen LogP contribution in [0.2, 0.25) is 10.0 Å². The van der Waals surface area contributed by atoms with Crippen molar-refractivity contribution in [3.63, 3.8) is 0 Å². The SMILES string of the molecule is CC[C@@H](C)NC(=O)[C@@H](C)N(Cc1c(Cl)cccc1Cl)C(=O)CN(c1ccc(Br)c(C)c1)S(C)(=O)=O. The van der Waals surface area contributed by atoms with E-state index >= 15 is 0 Å². The number of halogens is 3. The van der Waals surface area contributed by atoms with Crippen LogP contribution >= 0.6 is 39.1 Å². The van der Waals surface area contributed by atoms with E-state index in [1.165, 1.54) is 4.90 Å². The number of nitrogens with zero attached hydrogens (tertiary/aromatic N) is 2. The van der Waals surface area contributed by atoms with Crippen molar-refractivity contribution in [3.8, 4) is 0 Å². The number of sulfonamides is 1. The van der Waals surface area contributed by atoms with E-state index in [9.17, 15) is 18.0 Å². The molecule has 0 aliphatic heterocycles. The van der Waals surface area contributed by atoms with Gasteiger partial charge in [0.05, 0.1) is 11.9 Å². The molecule has 35 heavy (non-hydrogen) atoms. The number of aryl methyl sites for hydroxylation is 1. The van der Waals surface area contributed by atoms with Crippen LogP contribution in [0.1, 0.15) is 38.3 Å². The molecule has 0 saturated heterocycles. The molecule has 2 atom stereocenters. The molecule has 2 rings (SSSR count). The molecule has 0 unspecified atom stereocenters. The molecule has 2 aromatic carbocycles. The lowest BCUT2D eigenvalue weighted by Crippen LogP contribution is -2.52. The number of amides is 2. The lowest BCUT2D eigenvalue weighted by atomic mass is 10.1. The molecule has 0 radical (unpaired) electrons. The van der Waals surface area contributed by atoms with E-state index in [2.05, 4.69) is 21.2 Å². The first kappa shape index (κ1) is 29.4. The Morgan fingerprint density at radius 1 is 1.11 bits per heavy atom. The van der Waals surface area contributed by atoms with Gasteiger partial charge >= 0.3 is 0 Å². The first-order valence-corrected chi connectivity index (χ1v) is 14.4. The molecule has 11 heteroatoms. The highest BCUT2D eigenvalue weighted by Crippen LogP contribution is 2.28. The van der Waals surface area contributed by atoms with E-state index in [-0.39, 0.29) is 18.5 Å². The Hall–Kier alpha value is -1.81. The van der Waals surface area contributed by atoms with Gasteiger partial charge in [0.2, 0.25) is 21.8 Å². The van der Waals surface area contributed by atoms with Crippen molar-refractivity contribution < 1.29 is 18.0 Å². The lowest BCUT2D eigenvalue weighted by Gasteiger charge is -2.32. The molecule has 0 aliphatic carbocycles. The number of rotatable bonds is 10. The standard InChI is InChI=1S/C24H30BrCl2N3O4S/c1-6-16(3)28-24(32)17(4)29(13-19-21(26)8-7-9-22(19)27)23(31)14-30(35(5,33)34)18-10-11-20(25)15(2)12-18/h7-12,16-17H,6,13-14H2,1-5H3,(H,28,32)/t16-,17-/m1/s1. The van der Waals surface area contributed by atoms with Crippen LogP contribution < -0.4 is 9.62 Å². The summed E-state index contributed by atoms with van der Waals surface area (Å²) in [6.07, 6.45) is 1.75. The van der Waals surface area contributed by atoms with Gasteiger partial charge in [-0.1, -0.05) is 52.1 Å². The zero-order valence-electron chi connectivity index (χ0n) is 20.3. The van der Waals surface area contributed by atoms with Crippen molar-refractivity contribution in [2.75, 3.05) is 17.1 Å². The fraction of sp³-hybridized carbons (Fsp3) is 0.417. The fourth-order valence-corrected chi connectivity index (χ4v) is 4.90. The Kier molecular flexibility index (Phi) is 10.4. The van der Waals surface area contributed by atoms with Gasteiger partial charge in [0.25, 0.3) is 0 Å². The third-order valence-electron chi connectivity index (χ3n) is 5.67. The van der Waals surface area contributed by atoms with Gasteiger partial charge in [-0.15, -0.1) is 0 Å². The first-order valence-electron chi connectivity index (χ1n) is 11.0. The average molecular weight is 607 g/mol.